The molecule has 2 N–H and O–H groups in total. The summed E-state index contributed by atoms with van der Waals surface area (Å²) in [5.41, 5.74) is 2.10. The Labute approximate surface area is 167 Å². The Morgan fingerprint density at radius 3 is 2.07 bits per heavy atom. The van der Waals surface area contributed by atoms with E-state index in [9.17, 15) is 18.8 Å². The van der Waals surface area contributed by atoms with E-state index in [1.807, 2.05) is 0 Å². The molecule has 0 aliphatic carbocycles. The molecule has 3 aromatic carbocycles. The standard InChI is InChI=1S/C23H19FN2O3/c1-25-21(27)14-15-6-12-18(13-7-15)26-23(29)20-5-3-2-4-19(20)22(28)16-8-10-17(24)11-9-16/h2-13H,14H2,1H3,(H,25,27)(H,26,29). The third-order valence-corrected chi connectivity index (χ3v) is 4.38. The van der Waals surface area contributed by atoms with E-state index in [-0.39, 0.29) is 29.2 Å². The van der Waals surface area contributed by atoms with E-state index in [1.54, 1.807) is 55.6 Å². The topological polar surface area (TPSA) is 75.3 Å². The summed E-state index contributed by atoms with van der Waals surface area (Å²) in [6.45, 7) is 0. The zero-order valence-corrected chi connectivity index (χ0v) is 15.7. The Balaban J connectivity index is 1.79. The average Bonchev–Trinajstić information content (AvgIpc) is 2.75. The number of rotatable bonds is 6. The lowest BCUT2D eigenvalue weighted by Crippen LogP contribution is -2.20. The summed E-state index contributed by atoms with van der Waals surface area (Å²) >= 11 is 0. The largest absolute Gasteiger partial charge is 0.359 e. The molecule has 146 valence electrons. The maximum atomic E-state index is 13.1. The van der Waals surface area contributed by atoms with E-state index in [2.05, 4.69) is 10.6 Å². The van der Waals surface area contributed by atoms with E-state index >= 15 is 0 Å². The van der Waals surface area contributed by atoms with E-state index in [0.29, 0.717) is 11.3 Å². The number of amides is 2. The zero-order valence-electron chi connectivity index (χ0n) is 15.7. The van der Waals surface area contributed by atoms with Gasteiger partial charge in [0, 0.05) is 23.9 Å². The first kappa shape index (κ1) is 19.9. The fraction of sp³-hybridized carbons (Fsp3) is 0.0870. The second kappa shape index (κ2) is 8.93. The van der Waals surface area contributed by atoms with E-state index in [1.165, 1.54) is 24.3 Å². The van der Waals surface area contributed by atoms with E-state index in [0.717, 1.165) is 5.56 Å². The molecule has 5 nitrogen and oxygen atoms in total. The highest BCUT2D eigenvalue weighted by Gasteiger charge is 2.18. The summed E-state index contributed by atoms with van der Waals surface area (Å²) < 4.78 is 13.1. The number of likely N-dealkylation sites (N-methyl/N-ethyl adjacent to an activating group) is 1. The van der Waals surface area contributed by atoms with Crippen LogP contribution in [0.15, 0.2) is 72.8 Å². The van der Waals surface area contributed by atoms with Gasteiger partial charge in [-0.15, -0.1) is 0 Å². The lowest BCUT2D eigenvalue weighted by atomic mass is 9.98. The van der Waals surface area contributed by atoms with Gasteiger partial charge in [0.05, 0.1) is 12.0 Å². The van der Waals surface area contributed by atoms with Gasteiger partial charge in [-0.05, 0) is 48.0 Å². The smallest absolute Gasteiger partial charge is 0.256 e. The van der Waals surface area contributed by atoms with Crippen molar-refractivity contribution in [3.05, 3.63) is 101 Å². The van der Waals surface area contributed by atoms with Crippen molar-refractivity contribution >= 4 is 23.3 Å². The molecule has 0 aliphatic heterocycles. The molecule has 6 heteroatoms. The minimum Gasteiger partial charge on any atom is -0.359 e. The Hall–Kier alpha value is -3.80. The first-order valence-corrected chi connectivity index (χ1v) is 8.98. The highest BCUT2D eigenvalue weighted by molar-refractivity contribution is 6.17. The Bertz CT molecular complexity index is 1040. The van der Waals surface area contributed by atoms with Crippen molar-refractivity contribution in [1.82, 2.24) is 5.32 Å². The minimum absolute atomic E-state index is 0.102. The molecule has 0 radical (unpaired) electrons. The number of nitrogens with one attached hydrogen (secondary N) is 2. The van der Waals surface area contributed by atoms with Crippen LogP contribution in [0.25, 0.3) is 0 Å². The monoisotopic (exact) mass is 390 g/mol. The number of hydrogen-bond acceptors (Lipinski definition) is 3. The number of carbonyl (C=O) groups excluding carboxylic acids is 3. The highest BCUT2D eigenvalue weighted by atomic mass is 19.1. The summed E-state index contributed by atoms with van der Waals surface area (Å²) in [4.78, 5) is 36.9. The number of benzene rings is 3. The van der Waals surface area contributed by atoms with Crippen LogP contribution in [0.5, 0.6) is 0 Å². The quantitative estimate of drug-likeness (QED) is 0.632. The molecule has 3 aromatic rings. The number of carbonyl (C=O) groups is 3. The van der Waals surface area contributed by atoms with Crippen molar-refractivity contribution in [2.75, 3.05) is 12.4 Å². The molecule has 0 saturated carbocycles. The van der Waals surface area contributed by atoms with E-state index in [4.69, 9.17) is 0 Å². The number of ketones is 1. The second-order valence-electron chi connectivity index (χ2n) is 6.38. The molecule has 0 unspecified atom stereocenters. The average molecular weight is 390 g/mol. The molecule has 2 amide bonds. The third kappa shape index (κ3) is 4.93. The van der Waals surface area contributed by atoms with Crippen LogP contribution in [0.2, 0.25) is 0 Å². The maximum absolute atomic E-state index is 13.1. The second-order valence-corrected chi connectivity index (χ2v) is 6.38. The molecule has 0 heterocycles. The van der Waals surface area contributed by atoms with Crippen molar-refractivity contribution in [2.45, 2.75) is 6.42 Å². The fourth-order valence-corrected chi connectivity index (χ4v) is 2.81. The molecule has 0 aliphatic rings. The summed E-state index contributed by atoms with van der Waals surface area (Å²) in [5.74, 6) is -1.34. The Morgan fingerprint density at radius 1 is 0.828 bits per heavy atom. The van der Waals surface area contributed by atoms with Gasteiger partial charge in [-0.3, -0.25) is 14.4 Å². The maximum Gasteiger partial charge on any atom is 0.256 e. The van der Waals surface area contributed by atoms with Gasteiger partial charge in [0.15, 0.2) is 5.78 Å². The van der Waals surface area contributed by atoms with Crippen LogP contribution in [0, 0.1) is 5.82 Å². The highest BCUT2D eigenvalue weighted by Crippen LogP contribution is 2.18. The molecule has 0 fully saturated rings. The van der Waals surface area contributed by atoms with Crippen molar-refractivity contribution in [3.8, 4) is 0 Å². The molecular formula is C23H19FN2O3. The summed E-state index contributed by atoms with van der Waals surface area (Å²) in [7, 11) is 1.57. The predicted molar refractivity (Wildman–Crippen MR) is 108 cm³/mol. The van der Waals surface area contributed by atoms with Gasteiger partial charge in [-0.25, -0.2) is 4.39 Å². The van der Waals surface area contributed by atoms with E-state index < -0.39 is 11.7 Å². The van der Waals surface area contributed by atoms with Crippen LogP contribution in [0.1, 0.15) is 31.8 Å². The van der Waals surface area contributed by atoms with Crippen molar-refractivity contribution in [1.29, 1.82) is 0 Å². The first-order chi connectivity index (χ1) is 14.0. The van der Waals surface area contributed by atoms with Gasteiger partial charge in [-0.1, -0.05) is 30.3 Å². The summed E-state index contributed by atoms with van der Waals surface area (Å²) in [6.07, 6.45) is 0.250. The Kier molecular flexibility index (Phi) is 6.14. The summed E-state index contributed by atoms with van der Waals surface area (Å²) in [5, 5.41) is 5.31. The van der Waals surface area contributed by atoms with Crippen LogP contribution < -0.4 is 10.6 Å². The van der Waals surface area contributed by atoms with Gasteiger partial charge in [0.2, 0.25) is 5.91 Å². The molecule has 0 spiro atoms. The van der Waals surface area contributed by atoms with Crippen LogP contribution in [0.4, 0.5) is 10.1 Å². The van der Waals surface area contributed by atoms with Crippen LogP contribution in [0.3, 0.4) is 0 Å². The number of anilines is 1. The van der Waals surface area contributed by atoms with Crippen molar-refractivity contribution < 1.29 is 18.8 Å². The van der Waals surface area contributed by atoms with Gasteiger partial charge >= 0.3 is 0 Å². The first-order valence-electron chi connectivity index (χ1n) is 8.98. The molecule has 0 saturated heterocycles. The molecule has 29 heavy (non-hydrogen) atoms. The van der Waals surface area contributed by atoms with Crippen LogP contribution in [-0.4, -0.2) is 24.6 Å². The van der Waals surface area contributed by atoms with Crippen molar-refractivity contribution in [2.24, 2.45) is 0 Å². The lowest BCUT2D eigenvalue weighted by Gasteiger charge is -2.10. The molecule has 0 atom stereocenters. The van der Waals surface area contributed by atoms with Gasteiger partial charge in [-0.2, -0.15) is 0 Å². The van der Waals surface area contributed by atoms with Crippen LogP contribution >= 0.6 is 0 Å². The predicted octanol–water partition coefficient (Wildman–Crippen LogP) is 3.60. The Morgan fingerprint density at radius 2 is 1.45 bits per heavy atom. The molecular weight excluding hydrogens is 371 g/mol. The fourth-order valence-electron chi connectivity index (χ4n) is 2.81. The number of halogens is 1. The molecule has 0 aromatic heterocycles. The normalized spacial score (nSPS) is 10.3. The van der Waals surface area contributed by atoms with Gasteiger partial charge < -0.3 is 10.6 Å². The molecule has 0 bridgehead atoms. The van der Waals surface area contributed by atoms with Crippen molar-refractivity contribution in [3.63, 3.8) is 0 Å². The zero-order chi connectivity index (χ0) is 20.8. The van der Waals surface area contributed by atoms with Gasteiger partial charge in [0.25, 0.3) is 5.91 Å². The van der Waals surface area contributed by atoms with Gasteiger partial charge in [0.1, 0.15) is 5.82 Å². The summed E-state index contributed by atoms with van der Waals surface area (Å²) in [6, 6.07) is 18.5. The minimum atomic E-state index is -0.438. The number of hydrogen-bond donors (Lipinski definition) is 2. The molecule has 3 rings (SSSR count). The third-order valence-electron chi connectivity index (χ3n) is 4.38. The lowest BCUT2D eigenvalue weighted by molar-refractivity contribution is -0.119. The SMILES string of the molecule is CNC(=O)Cc1ccc(NC(=O)c2ccccc2C(=O)c2ccc(F)cc2)cc1. The van der Waals surface area contributed by atoms with Crippen LogP contribution in [-0.2, 0) is 11.2 Å².